The van der Waals surface area contributed by atoms with Gasteiger partial charge in [0.1, 0.15) is 5.75 Å². The van der Waals surface area contributed by atoms with Crippen LogP contribution in [0.5, 0.6) is 11.6 Å². The molecule has 18 heavy (non-hydrogen) atoms. The van der Waals surface area contributed by atoms with Crippen LogP contribution in [0.1, 0.15) is 10.4 Å². The summed E-state index contributed by atoms with van der Waals surface area (Å²) in [7, 11) is 0. The molecule has 4 nitrogen and oxygen atoms in total. The molecule has 1 aromatic heterocycles. The first kappa shape index (κ1) is 12.9. The Morgan fingerprint density at radius 2 is 2.11 bits per heavy atom. The highest BCUT2D eigenvalue weighted by Gasteiger charge is 2.11. The lowest BCUT2D eigenvalue weighted by Gasteiger charge is -2.09. The number of aromatic nitrogens is 1. The lowest BCUT2D eigenvalue weighted by atomic mass is 10.2. The maximum absolute atomic E-state index is 11.2. The van der Waals surface area contributed by atoms with Gasteiger partial charge in [-0.25, -0.2) is 4.98 Å². The normalized spacial score (nSPS) is 10.1. The molecule has 1 amide bonds. The number of ether oxygens (including phenoxy) is 1. The number of rotatable bonds is 3. The van der Waals surface area contributed by atoms with Crippen molar-refractivity contribution in [2.75, 3.05) is 0 Å². The molecule has 0 aliphatic rings. The van der Waals surface area contributed by atoms with E-state index in [4.69, 9.17) is 22.1 Å². The van der Waals surface area contributed by atoms with Gasteiger partial charge in [-0.05, 0) is 34.1 Å². The fourth-order valence-corrected chi connectivity index (χ4v) is 2.06. The van der Waals surface area contributed by atoms with Crippen molar-refractivity contribution >= 4 is 33.4 Å². The summed E-state index contributed by atoms with van der Waals surface area (Å²) in [4.78, 5) is 15.3. The summed E-state index contributed by atoms with van der Waals surface area (Å²) in [5.41, 5.74) is 5.55. The van der Waals surface area contributed by atoms with E-state index in [0.29, 0.717) is 26.7 Å². The molecule has 0 radical (unpaired) electrons. The second kappa shape index (κ2) is 5.37. The quantitative estimate of drug-likeness (QED) is 0.939. The van der Waals surface area contributed by atoms with Crippen LogP contribution in [-0.2, 0) is 0 Å². The van der Waals surface area contributed by atoms with Crippen LogP contribution in [0, 0.1) is 0 Å². The number of hydrogen-bond acceptors (Lipinski definition) is 3. The number of amides is 1. The van der Waals surface area contributed by atoms with Gasteiger partial charge in [0.25, 0.3) is 5.91 Å². The molecule has 1 heterocycles. The largest absolute Gasteiger partial charge is 0.437 e. The first-order valence-electron chi connectivity index (χ1n) is 4.95. The van der Waals surface area contributed by atoms with Crippen LogP contribution in [0.25, 0.3) is 0 Å². The van der Waals surface area contributed by atoms with E-state index in [-0.39, 0.29) is 0 Å². The molecule has 0 unspecified atom stereocenters. The second-order valence-electron chi connectivity index (χ2n) is 3.40. The van der Waals surface area contributed by atoms with Crippen LogP contribution in [0.3, 0.4) is 0 Å². The standard InChI is InChI=1S/C12H8BrClN2O2/c13-9-5-7(14)6-16-12(9)18-10-4-2-1-3-8(10)11(15)17/h1-6H,(H2,15,17). The van der Waals surface area contributed by atoms with Crippen molar-refractivity contribution in [2.24, 2.45) is 5.73 Å². The van der Waals surface area contributed by atoms with Gasteiger partial charge in [-0.2, -0.15) is 0 Å². The van der Waals surface area contributed by atoms with Crippen LogP contribution in [0.15, 0.2) is 41.0 Å². The number of nitrogens with zero attached hydrogens (tertiary/aromatic N) is 1. The van der Waals surface area contributed by atoms with E-state index < -0.39 is 5.91 Å². The Labute approximate surface area is 117 Å². The number of carbonyl (C=O) groups excluding carboxylic acids is 1. The summed E-state index contributed by atoms with van der Waals surface area (Å²) in [6, 6.07) is 8.32. The van der Waals surface area contributed by atoms with Crippen LogP contribution < -0.4 is 10.5 Å². The number of hydrogen-bond donors (Lipinski definition) is 1. The molecule has 2 N–H and O–H groups in total. The van der Waals surface area contributed by atoms with Crippen LogP contribution in [0.2, 0.25) is 5.02 Å². The van der Waals surface area contributed by atoms with Crippen LogP contribution in [0.4, 0.5) is 0 Å². The van der Waals surface area contributed by atoms with E-state index in [1.165, 1.54) is 6.20 Å². The number of halogens is 2. The Kier molecular flexibility index (Phi) is 3.84. The third kappa shape index (κ3) is 2.80. The number of para-hydroxylation sites is 1. The first-order chi connectivity index (χ1) is 8.58. The van der Waals surface area contributed by atoms with Gasteiger partial charge in [-0.1, -0.05) is 23.7 Å². The van der Waals surface area contributed by atoms with Crippen LogP contribution in [-0.4, -0.2) is 10.9 Å². The molecule has 2 aromatic rings. The second-order valence-corrected chi connectivity index (χ2v) is 4.69. The Bertz CT molecular complexity index is 604. The SMILES string of the molecule is NC(=O)c1ccccc1Oc1ncc(Cl)cc1Br. The van der Waals surface area contributed by atoms with Crippen molar-refractivity contribution in [2.45, 2.75) is 0 Å². The third-order valence-electron chi connectivity index (χ3n) is 2.13. The first-order valence-corrected chi connectivity index (χ1v) is 6.13. The van der Waals surface area contributed by atoms with Gasteiger partial charge in [0.05, 0.1) is 15.1 Å². The minimum atomic E-state index is -0.560. The fraction of sp³-hybridized carbons (Fsp3) is 0. The highest BCUT2D eigenvalue weighted by molar-refractivity contribution is 9.10. The zero-order valence-corrected chi connectivity index (χ0v) is 11.4. The van der Waals surface area contributed by atoms with E-state index in [1.54, 1.807) is 30.3 Å². The molecule has 0 saturated carbocycles. The summed E-state index contributed by atoms with van der Waals surface area (Å²) >= 11 is 9.06. The minimum absolute atomic E-state index is 0.293. The van der Waals surface area contributed by atoms with Crippen molar-refractivity contribution in [3.8, 4) is 11.6 Å². The van der Waals surface area contributed by atoms with E-state index in [9.17, 15) is 4.79 Å². The van der Waals surface area contributed by atoms with Gasteiger partial charge in [0.15, 0.2) is 0 Å². The molecule has 6 heteroatoms. The number of primary amides is 1. The summed E-state index contributed by atoms with van der Waals surface area (Å²) in [5.74, 6) is 0.101. The fourth-order valence-electron chi connectivity index (χ4n) is 1.34. The molecule has 1 aromatic carbocycles. The number of pyridine rings is 1. The van der Waals surface area contributed by atoms with Gasteiger partial charge in [0, 0.05) is 6.20 Å². The van der Waals surface area contributed by atoms with Gasteiger partial charge in [-0.15, -0.1) is 0 Å². The molecule has 0 aliphatic carbocycles. The summed E-state index contributed by atoms with van der Waals surface area (Å²) < 4.78 is 6.13. The van der Waals surface area contributed by atoms with Crippen molar-refractivity contribution in [1.29, 1.82) is 0 Å². The summed E-state index contributed by atoms with van der Waals surface area (Å²) in [6.45, 7) is 0. The molecule has 0 spiro atoms. The van der Waals surface area contributed by atoms with E-state index in [1.807, 2.05) is 0 Å². The van der Waals surface area contributed by atoms with E-state index in [2.05, 4.69) is 20.9 Å². The molecule has 0 fully saturated rings. The maximum Gasteiger partial charge on any atom is 0.252 e. The summed E-state index contributed by atoms with van der Waals surface area (Å²) in [6.07, 6.45) is 1.45. The molecule has 0 atom stereocenters. The lowest BCUT2D eigenvalue weighted by molar-refractivity contribution is 0.0998. The Morgan fingerprint density at radius 3 is 2.78 bits per heavy atom. The summed E-state index contributed by atoms with van der Waals surface area (Å²) in [5, 5.41) is 0.484. The minimum Gasteiger partial charge on any atom is -0.437 e. The topological polar surface area (TPSA) is 65.2 Å². The molecule has 0 saturated heterocycles. The Balaban J connectivity index is 2.37. The molecule has 2 rings (SSSR count). The lowest BCUT2D eigenvalue weighted by Crippen LogP contribution is -2.12. The highest BCUT2D eigenvalue weighted by atomic mass is 79.9. The average molecular weight is 328 g/mol. The smallest absolute Gasteiger partial charge is 0.252 e. The number of nitrogens with two attached hydrogens (primary N) is 1. The predicted molar refractivity (Wildman–Crippen MR) is 72.0 cm³/mol. The number of carbonyl (C=O) groups is 1. The van der Waals surface area contributed by atoms with Gasteiger partial charge >= 0.3 is 0 Å². The number of benzene rings is 1. The molecule has 0 bridgehead atoms. The van der Waals surface area contributed by atoms with Gasteiger partial charge < -0.3 is 10.5 Å². The van der Waals surface area contributed by atoms with Crippen molar-refractivity contribution in [3.05, 3.63) is 51.6 Å². The van der Waals surface area contributed by atoms with Crippen molar-refractivity contribution in [1.82, 2.24) is 4.98 Å². The van der Waals surface area contributed by atoms with Crippen molar-refractivity contribution in [3.63, 3.8) is 0 Å². The Hall–Kier alpha value is -1.59. The van der Waals surface area contributed by atoms with Crippen LogP contribution >= 0.6 is 27.5 Å². The van der Waals surface area contributed by atoms with Crippen molar-refractivity contribution < 1.29 is 9.53 Å². The third-order valence-corrected chi connectivity index (χ3v) is 2.91. The molecule has 92 valence electrons. The molecule has 0 aliphatic heterocycles. The van der Waals surface area contributed by atoms with Gasteiger partial charge in [-0.3, -0.25) is 4.79 Å². The zero-order valence-electron chi connectivity index (χ0n) is 9.06. The van der Waals surface area contributed by atoms with Gasteiger partial charge in [0.2, 0.25) is 5.88 Å². The zero-order chi connectivity index (χ0) is 13.1. The average Bonchev–Trinajstić information content (AvgIpc) is 2.33. The Morgan fingerprint density at radius 1 is 1.39 bits per heavy atom. The van der Waals surface area contributed by atoms with E-state index >= 15 is 0 Å². The predicted octanol–water partition coefficient (Wildman–Crippen LogP) is 3.39. The maximum atomic E-state index is 11.2. The highest BCUT2D eigenvalue weighted by Crippen LogP contribution is 2.30. The molecular formula is C12H8BrClN2O2. The molecular weight excluding hydrogens is 320 g/mol. The van der Waals surface area contributed by atoms with E-state index in [0.717, 1.165) is 0 Å². The monoisotopic (exact) mass is 326 g/mol.